The predicted octanol–water partition coefficient (Wildman–Crippen LogP) is 2.43. The molecule has 0 unspecified atom stereocenters. The second kappa shape index (κ2) is 6.64. The molecule has 1 amide bonds. The molecule has 0 fully saturated rings. The number of aromatic nitrogens is 1. The van der Waals surface area contributed by atoms with Gasteiger partial charge in [-0.05, 0) is 18.2 Å². The van der Waals surface area contributed by atoms with Crippen LogP contribution < -0.4 is 10.6 Å². The fraction of sp³-hybridized carbons (Fsp3) is 0.375. The van der Waals surface area contributed by atoms with Gasteiger partial charge in [0.25, 0.3) is 0 Å². The number of benzene rings is 1. The van der Waals surface area contributed by atoms with E-state index in [1.807, 2.05) is 20.8 Å². The molecule has 0 bridgehead atoms. The molecule has 0 radical (unpaired) electrons. The summed E-state index contributed by atoms with van der Waals surface area (Å²) in [5.74, 6) is -0.0482. The van der Waals surface area contributed by atoms with E-state index in [-0.39, 0.29) is 28.6 Å². The molecule has 2 aromatic rings. The fourth-order valence-electron chi connectivity index (χ4n) is 1.89. The minimum atomic E-state index is -3.29. The summed E-state index contributed by atoms with van der Waals surface area (Å²) in [5, 5.41) is 9.40. The normalized spacial score (nSPS) is 12.0. The van der Waals surface area contributed by atoms with Crippen LogP contribution >= 0.6 is 0 Å². The van der Waals surface area contributed by atoms with Crippen molar-refractivity contribution in [3.8, 4) is 0 Å². The van der Waals surface area contributed by atoms with Gasteiger partial charge in [-0.1, -0.05) is 32.0 Å². The van der Waals surface area contributed by atoms with E-state index >= 15 is 0 Å². The van der Waals surface area contributed by atoms with Gasteiger partial charge >= 0.3 is 0 Å². The highest BCUT2D eigenvalue weighted by atomic mass is 32.2. The molecule has 130 valence electrons. The summed E-state index contributed by atoms with van der Waals surface area (Å²) in [7, 11) is -3.29. The summed E-state index contributed by atoms with van der Waals surface area (Å²) in [4.78, 5) is 12.1. The molecular formula is C16H21N3O4S. The molecule has 7 nitrogen and oxygen atoms in total. The molecule has 0 aliphatic rings. The zero-order chi connectivity index (χ0) is 18.0. The van der Waals surface area contributed by atoms with E-state index in [1.165, 1.54) is 12.1 Å². The van der Waals surface area contributed by atoms with Crippen molar-refractivity contribution in [2.24, 2.45) is 0 Å². The largest absolute Gasteiger partial charge is 0.376 e. The van der Waals surface area contributed by atoms with Crippen LogP contribution in [0.4, 0.5) is 11.6 Å². The monoisotopic (exact) mass is 351 g/mol. The molecule has 0 aliphatic carbocycles. The van der Waals surface area contributed by atoms with E-state index in [1.54, 1.807) is 18.2 Å². The van der Waals surface area contributed by atoms with E-state index in [4.69, 9.17) is 4.52 Å². The van der Waals surface area contributed by atoms with E-state index in [2.05, 4.69) is 15.8 Å². The quantitative estimate of drug-likeness (QED) is 0.858. The minimum absolute atomic E-state index is 0.0290. The van der Waals surface area contributed by atoms with E-state index < -0.39 is 9.84 Å². The van der Waals surface area contributed by atoms with Crippen LogP contribution in [0.5, 0.6) is 0 Å². The maximum Gasteiger partial charge on any atom is 0.246 e. The van der Waals surface area contributed by atoms with Gasteiger partial charge in [0.15, 0.2) is 9.84 Å². The van der Waals surface area contributed by atoms with E-state index in [9.17, 15) is 13.2 Å². The highest BCUT2D eigenvalue weighted by molar-refractivity contribution is 7.90. The first-order valence-corrected chi connectivity index (χ1v) is 9.26. The van der Waals surface area contributed by atoms with E-state index in [0.29, 0.717) is 5.69 Å². The van der Waals surface area contributed by atoms with Crippen molar-refractivity contribution in [2.45, 2.75) is 31.1 Å². The number of nitrogens with one attached hydrogen (secondary N) is 2. The van der Waals surface area contributed by atoms with Gasteiger partial charge in [0.2, 0.25) is 11.8 Å². The average Bonchev–Trinajstić information content (AvgIpc) is 2.93. The maximum absolute atomic E-state index is 11.9. The molecule has 0 atom stereocenters. The number of amides is 1. The minimum Gasteiger partial charge on any atom is -0.376 e. The van der Waals surface area contributed by atoms with Crippen molar-refractivity contribution in [1.29, 1.82) is 0 Å². The van der Waals surface area contributed by atoms with Gasteiger partial charge in [0, 0.05) is 23.4 Å². The molecule has 1 aromatic carbocycles. The lowest BCUT2D eigenvalue weighted by molar-refractivity contribution is -0.114. The molecule has 24 heavy (non-hydrogen) atoms. The van der Waals surface area contributed by atoms with Crippen LogP contribution in [0, 0.1) is 0 Å². The third kappa shape index (κ3) is 4.82. The first kappa shape index (κ1) is 18.0. The van der Waals surface area contributed by atoms with E-state index in [0.717, 1.165) is 11.9 Å². The molecule has 1 aromatic heterocycles. The Kier molecular flexibility index (Phi) is 4.98. The first-order valence-electron chi connectivity index (χ1n) is 7.37. The lowest BCUT2D eigenvalue weighted by Crippen LogP contribution is -2.21. The van der Waals surface area contributed by atoms with Crippen LogP contribution in [0.25, 0.3) is 0 Å². The van der Waals surface area contributed by atoms with Crippen LogP contribution in [0.1, 0.15) is 26.5 Å². The Bertz CT molecular complexity index is 835. The molecule has 8 heteroatoms. The lowest BCUT2D eigenvalue weighted by atomic mass is 9.92. The number of carbonyl (C=O) groups is 1. The number of sulfone groups is 1. The average molecular weight is 351 g/mol. The van der Waals surface area contributed by atoms with Crippen LogP contribution in [0.3, 0.4) is 0 Å². The number of nitrogens with zero attached hydrogens (tertiary/aromatic N) is 1. The highest BCUT2D eigenvalue weighted by Gasteiger charge is 2.19. The van der Waals surface area contributed by atoms with Crippen molar-refractivity contribution in [3.63, 3.8) is 0 Å². The van der Waals surface area contributed by atoms with Crippen molar-refractivity contribution in [3.05, 3.63) is 36.0 Å². The Hall–Kier alpha value is -2.35. The van der Waals surface area contributed by atoms with Gasteiger partial charge in [0.1, 0.15) is 0 Å². The van der Waals surface area contributed by atoms with Crippen LogP contribution in [-0.4, -0.2) is 32.3 Å². The second-order valence-corrected chi connectivity index (χ2v) is 8.54. The molecular weight excluding hydrogens is 330 g/mol. The van der Waals surface area contributed by atoms with Gasteiger partial charge in [0.05, 0.1) is 17.1 Å². The molecule has 1 heterocycles. The summed E-state index contributed by atoms with van der Waals surface area (Å²) in [6.07, 6.45) is 1.13. The Morgan fingerprint density at radius 2 is 1.96 bits per heavy atom. The SMILES string of the molecule is CC(C)(C)c1cc(NC(=O)CNc2cccc(S(C)(=O)=O)c2)on1. The summed E-state index contributed by atoms with van der Waals surface area (Å²) < 4.78 is 28.1. The highest BCUT2D eigenvalue weighted by Crippen LogP contribution is 2.23. The molecule has 0 saturated carbocycles. The van der Waals surface area contributed by atoms with Crippen molar-refractivity contribution < 1.29 is 17.7 Å². The number of hydrogen-bond donors (Lipinski definition) is 2. The zero-order valence-electron chi connectivity index (χ0n) is 14.1. The smallest absolute Gasteiger partial charge is 0.246 e. The van der Waals surface area contributed by atoms with Gasteiger partial charge < -0.3 is 9.84 Å². The predicted molar refractivity (Wildman–Crippen MR) is 91.9 cm³/mol. The summed E-state index contributed by atoms with van der Waals surface area (Å²) in [5.41, 5.74) is 1.12. The first-order chi connectivity index (χ1) is 11.1. The standard InChI is InChI=1S/C16H21N3O4S/c1-16(2,3)13-9-15(23-19-13)18-14(20)10-17-11-6-5-7-12(8-11)24(4,21)22/h5-9,17H,10H2,1-4H3,(H,18,20). The van der Waals surface area contributed by atoms with Crippen molar-refractivity contribution in [2.75, 3.05) is 23.4 Å². The maximum atomic E-state index is 11.9. The number of hydrogen-bond acceptors (Lipinski definition) is 6. The Balaban J connectivity index is 1.95. The molecule has 2 rings (SSSR count). The molecule has 0 spiro atoms. The Morgan fingerprint density at radius 3 is 2.54 bits per heavy atom. The number of anilines is 2. The number of rotatable bonds is 5. The Labute approximate surface area is 141 Å². The molecule has 0 saturated heterocycles. The van der Waals surface area contributed by atoms with Crippen LogP contribution in [0.15, 0.2) is 39.8 Å². The zero-order valence-corrected chi connectivity index (χ0v) is 14.9. The summed E-state index contributed by atoms with van der Waals surface area (Å²) in [6.45, 7) is 5.95. The molecule has 0 aliphatic heterocycles. The van der Waals surface area contributed by atoms with Gasteiger partial charge in [-0.15, -0.1) is 0 Å². The second-order valence-electron chi connectivity index (χ2n) is 6.53. The molecule has 2 N–H and O–H groups in total. The van der Waals surface area contributed by atoms with Gasteiger partial charge in [-0.25, -0.2) is 8.42 Å². The third-order valence-electron chi connectivity index (χ3n) is 3.26. The summed E-state index contributed by atoms with van der Waals surface area (Å²) >= 11 is 0. The van der Waals surface area contributed by atoms with Gasteiger partial charge in [-0.3, -0.25) is 10.1 Å². The van der Waals surface area contributed by atoms with Crippen LogP contribution in [0.2, 0.25) is 0 Å². The summed E-state index contributed by atoms with van der Waals surface area (Å²) in [6, 6.07) is 7.97. The van der Waals surface area contributed by atoms with Crippen LogP contribution in [-0.2, 0) is 20.0 Å². The topological polar surface area (TPSA) is 101 Å². The van der Waals surface area contributed by atoms with Crippen molar-refractivity contribution in [1.82, 2.24) is 5.16 Å². The lowest BCUT2D eigenvalue weighted by Gasteiger charge is -2.12. The van der Waals surface area contributed by atoms with Gasteiger partial charge in [-0.2, -0.15) is 0 Å². The number of carbonyl (C=O) groups excluding carboxylic acids is 1. The van der Waals surface area contributed by atoms with Crippen molar-refractivity contribution >= 4 is 27.3 Å². The third-order valence-corrected chi connectivity index (χ3v) is 4.37. The fourth-order valence-corrected chi connectivity index (χ4v) is 2.56. The Morgan fingerprint density at radius 1 is 1.25 bits per heavy atom.